The van der Waals surface area contributed by atoms with Crippen LogP contribution in [-0.4, -0.2) is 18.6 Å². The first-order chi connectivity index (χ1) is 8.31. The molecule has 0 spiro atoms. The van der Waals surface area contributed by atoms with Gasteiger partial charge in [-0.15, -0.1) is 0 Å². The molecule has 0 radical (unpaired) electrons. The normalized spacial score (nSPS) is 10.7. The molecule has 90 valence electrons. The standard InChI is InChI=1S/C14H18N2O/c1-11-6-3-4-8-13(11)14-16-12(10-17-14)7-5-9-15-2/h3-4,6,8,10,15H,5,7,9H2,1-2H3. The van der Waals surface area contributed by atoms with Crippen molar-refractivity contribution in [2.45, 2.75) is 19.8 Å². The lowest BCUT2D eigenvalue weighted by molar-refractivity contribution is 0.571. The Balaban J connectivity index is 2.10. The van der Waals surface area contributed by atoms with Gasteiger partial charge in [0.2, 0.25) is 5.89 Å². The van der Waals surface area contributed by atoms with E-state index in [-0.39, 0.29) is 0 Å². The van der Waals surface area contributed by atoms with Crippen LogP contribution >= 0.6 is 0 Å². The number of rotatable bonds is 5. The van der Waals surface area contributed by atoms with Gasteiger partial charge in [0.05, 0.1) is 5.69 Å². The predicted molar refractivity (Wildman–Crippen MR) is 68.9 cm³/mol. The molecule has 0 atom stereocenters. The molecule has 0 aliphatic heterocycles. The van der Waals surface area contributed by atoms with E-state index in [9.17, 15) is 0 Å². The van der Waals surface area contributed by atoms with Crippen LogP contribution in [0.3, 0.4) is 0 Å². The zero-order valence-corrected chi connectivity index (χ0v) is 10.4. The first-order valence-electron chi connectivity index (χ1n) is 5.96. The summed E-state index contributed by atoms with van der Waals surface area (Å²) in [5.41, 5.74) is 3.29. The summed E-state index contributed by atoms with van der Waals surface area (Å²) in [6, 6.07) is 8.14. The second kappa shape index (κ2) is 5.64. The van der Waals surface area contributed by atoms with Crippen LogP contribution in [0.4, 0.5) is 0 Å². The summed E-state index contributed by atoms with van der Waals surface area (Å²) in [6.45, 7) is 3.08. The molecule has 17 heavy (non-hydrogen) atoms. The molecule has 3 nitrogen and oxygen atoms in total. The van der Waals surface area contributed by atoms with Crippen LogP contribution in [0.5, 0.6) is 0 Å². The lowest BCUT2D eigenvalue weighted by Gasteiger charge is -1.99. The summed E-state index contributed by atoms with van der Waals surface area (Å²) in [5.74, 6) is 0.725. The molecule has 0 unspecified atom stereocenters. The topological polar surface area (TPSA) is 38.1 Å². The lowest BCUT2D eigenvalue weighted by Crippen LogP contribution is -2.08. The summed E-state index contributed by atoms with van der Waals surface area (Å²) in [5, 5.41) is 3.13. The van der Waals surface area contributed by atoms with Crippen molar-refractivity contribution in [1.29, 1.82) is 0 Å². The number of aromatic nitrogens is 1. The number of hydrogen-bond acceptors (Lipinski definition) is 3. The third-order valence-electron chi connectivity index (χ3n) is 2.79. The van der Waals surface area contributed by atoms with Crippen molar-refractivity contribution in [2.75, 3.05) is 13.6 Å². The SMILES string of the molecule is CNCCCc1coc(-c2ccccc2C)n1. The van der Waals surface area contributed by atoms with Crippen molar-refractivity contribution in [1.82, 2.24) is 10.3 Å². The largest absolute Gasteiger partial charge is 0.444 e. The Kier molecular flexibility index (Phi) is 3.94. The average molecular weight is 230 g/mol. The molecule has 2 aromatic rings. The number of nitrogens with zero attached hydrogens (tertiary/aromatic N) is 1. The van der Waals surface area contributed by atoms with E-state index in [2.05, 4.69) is 23.3 Å². The van der Waals surface area contributed by atoms with Crippen molar-refractivity contribution in [2.24, 2.45) is 0 Å². The monoisotopic (exact) mass is 230 g/mol. The predicted octanol–water partition coefficient (Wildman–Crippen LogP) is 2.80. The average Bonchev–Trinajstić information content (AvgIpc) is 2.79. The van der Waals surface area contributed by atoms with Crippen LogP contribution in [0.15, 0.2) is 34.9 Å². The molecule has 0 amide bonds. The van der Waals surface area contributed by atoms with Gasteiger partial charge >= 0.3 is 0 Å². The molecule has 1 N–H and O–H groups in total. The Bertz CT molecular complexity index is 477. The Hall–Kier alpha value is -1.61. The molecule has 1 aromatic heterocycles. The molecule has 0 aliphatic rings. The first kappa shape index (κ1) is 11.9. The highest BCUT2D eigenvalue weighted by atomic mass is 16.3. The first-order valence-corrected chi connectivity index (χ1v) is 5.96. The molecule has 0 aliphatic carbocycles. The molecular weight excluding hydrogens is 212 g/mol. The summed E-state index contributed by atoms with van der Waals surface area (Å²) in [6.07, 6.45) is 3.80. The fourth-order valence-electron chi connectivity index (χ4n) is 1.80. The second-order valence-electron chi connectivity index (χ2n) is 4.17. The smallest absolute Gasteiger partial charge is 0.226 e. The maximum Gasteiger partial charge on any atom is 0.226 e. The van der Waals surface area contributed by atoms with Crippen LogP contribution in [-0.2, 0) is 6.42 Å². The Morgan fingerprint density at radius 2 is 2.12 bits per heavy atom. The van der Waals surface area contributed by atoms with Gasteiger partial charge in [0.15, 0.2) is 0 Å². The summed E-state index contributed by atoms with van der Waals surface area (Å²) in [4.78, 5) is 4.52. The van der Waals surface area contributed by atoms with E-state index >= 15 is 0 Å². The van der Waals surface area contributed by atoms with Crippen molar-refractivity contribution in [3.05, 3.63) is 41.8 Å². The summed E-state index contributed by atoms with van der Waals surface area (Å²) in [7, 11) is 1.96. The molecule has 3 heteroatoms. The molecule has 1 aromatic carbocycles. The lowest BCUT2D eigenvalue weighted by atomic mass is 10.1. The van der Waals surface area contributed by atoms with Gasteiger partial charge in [0.25, 0.3) is 0 Å². The molecule has 0 fully saturated rings. The third-order valence-corrected chi connectivity index (χ3v) is 2.79. The maximum absolute atomic E-state index is 5.53. The zero-order chi connectivity index (χ0) is 12.1. The van der Waals surface area contributed by atoms with E-state index in [0.29, 0.717) is 0 Å². The Labute approximate surface area is 102 Å². The molecule has 0 saturated carbocycles. The van der Waals surface area contributed by atoms with Gasteiger partial charge in [0, 0.05) is 5.56 Å². The van der Waals surface area contributed by atoms with Crippen LogP contribution in [0, 0.1) is 6.92 Å². The fourth-order valence-corrected chi connectivity index (χ4v) is 1.80. The molecule has 0 bridgehead atoms. The van der Waals surface area contributed by atoms with Gasteiger partial charge in [-0.25, -0.2) is 4.98 Å². The third kappa shape index (κ3) is 2.94. The minimum absolute atomic E-state index is 0.725. The van der Waals surface area contributed by atoms with Gasteiger partial charge in [-0.05, 0) is 45.0 Å². The second-order valence-corrected chi connectivity index (χ2v) is 4.17. The highest BCUT2D eigenvalue weighted by Crippen LogP contribution is 2.22. The van der Waals surface area contributed by atoms with Crippen molar-refractivity contribution >= 4 is 0 Å². The molecular formula is C14H18N2O. The van der Waals surface area contributed by atoms with Crippen molar-refractivity contribution in [3.8, 4) is 11.5 Å². The molecule has 0 saturated heterocycles. The zero-order valence-electron chi connectivity index (χ0n) is 10.4. The van der Waals surface area contributed by atoms with E-state index in [0.717, 1.165) is 36.5 Å². The number of hydrogen-bond donors (Lipinski definition) is 1. The maximum atomic E-state index is 5.53. The number of benzene rings is 1. The van der Waals surface area contributed by atoms with Crippen LogP contribution in [0.1, 0.15) is 17.7 Å². The number of oxazole rings is 1. The van der Waals surface area contributed by atoms with Crippen molar-refractivity contribution in [3.63, 3.8) is 0 Å². The van der Waals surface area contributed by atoms with Crippen LogP contribution < -0.4 is 5.32 Å². The van der Waals surface area contributed by atoms with E-state index in [1.54, 1.807) is 6.26 Å². The quantitative estimate of drug-likeness (QED) is 0.803. The van der Waals surface area contributed by atoms with E-state index in [1.807, 2.05) is 25.2 Å². The van der Waals surface area contributed by atoms with Crippen molar-refractivity contribution < 1.29 is 4.42 Å². The van der Waals surface area contributed by atoms with Crippen LogP contribution in [0.25, 0.3) is 11.5 Å². The molecule has 2 rings (SSSR count). The highest BCUT2D eigenvalue weighted by Gasteiger charge is 2.08. The minimum atomic E-state index is 0.725. The summed E-state index contributed by atoms with van der Waals surface area (Å²) >= 11 is 0. The summed E-state index contributed by atoms with van der Waals surface area (Å²) < 4.78 is 5.53. The van der Waals surface area contributed by atoms with E-state index < -0.39 is 0 Å². The Morgan fingerprint density at radius 3 is 2.88 bits per heavy atom. The minimum Gasteiger partial charge on any atom is -0.444 e. The van der Waals surface area contributed by atoms with Crippen LogP contribution in [0.2, 0.25) is 0 Å². The van der Waals surface area contributed by atoms with Gasteiger partial charge in [0.1, 0.15) is 6.26 Å². The van der Waals surface area contributed by atoms with Gasteiger partial charge in [-0.2, -0.15) is 0 Å². The van der Waals surface area contributed by atoms with Gasteiger partial charge in [-0.1, -0.05) is 18.2 Å². The number of aryl methyl sites for hydroxylation is 2. The Morgan fingerprint density at radius 1 is 1.29 bits per heavy atom. The van der Waals surface area contributed by atoms with E-state index in [4.69, 9.17) is 4.42 Å². The fraction of sp³-hybridized carbons (Fsp3) is 0.357. The highest BCUT2D eigenvalue weighted by molar-refractivity contribution is 5.58. The van der Waals surface area contributed by atoms with E-state index in [1.165, 1.54) is 5.56 Å². The molecule has 1 heterocycles. The van der Waals surface area contributed by atoms with Gasteiger partial charge < -0.3 is 9.73 Å². The van der Waals surface area contributed by atoms with Gasteiger partial charge in [-0.3, -0.25) is 0 Å². The number of nitrogens with one attached hydrogen (secondary N) is 1.